The van der Waals surface area contributed by atoms with E-state index in [0.717, 1.165) is 31.1 Å². The van der Waals surface area contributed by atoms with Gasteiger partial charge in [0.15, 0.2) is 0 Å². The molecule has 5 nitrogen and oxygen atoms in total. The van der Waals surface area contributed by atoms with Crippen LogP contribution in [0, 0.1) is 5.92 Å². The number of pyridine rings is 1. The Morgan fingerprint density at radius 3 is 2.90 bits per heavy atom. The van der Waals surface area contributed by atoms with Crippen molar-refractivity contribution in [3.05, 3.63) is 42.0 Å². The maximum absolute atomic E-state index is 4.30. The van der Waals surface area contributed by atoms with Gasteiger partial charge in [-0.3, -0.25) is 14.6 Å². The molecule has 112 valence electrons. The summed E-state index contributed by atoms with van der Waals surface area (Å²) < 4.78 is 1.94. The highest BCUT2D eigenvalue weighted by Crippen LogP contribution is 2.17. The highest BCUT2D eigenvalue weighted by Gasteiger charge is 2.16. The van der Waals surface area contributed by atoms with Crippen molar-refractivity contribution in [3.8, 4) is 0 Å². The molecule has 0 atom stereocenters. The van der Waals surface area contributed by atoms with Crippen LogP contribution in [0.1, 0.15) is 31.0 Å². The largest absolute Gasteiger partial charge is 0.297 e. The lowest BCUT2D eigenvalue weighted by molar-refractivity contribution is 0.183. The Balaban J connectivity index is 1.49. The van der Waals surface area contributed by atoms with Gasteiger partial charge in [-0.05, 0) is 49.9 Å². The van der Waals surface area contributed by atoms with Gasteiger partial charge in [0, 0.05) is 31.7 Å². The van der Waals surface area contributed by atoms with E-state index in [-0.39, 0.29) is 0 Å². The smallest absolute Gasteiger partial charge is 0.0967 e. The summed E-state index contributed by atoms with van der Waals surface area (Å²) in [4.78, 5) is 6.62. The summed E-state index contributed by atoms with van der Waals surface area (Å²) in [6, 6.07) is 4.07. The Labute approximate surface area is 126 Å². The standard InChI is InChI=1S/C16H23N5/c1-14-4-8-20(9-5-14)12-16-13-21(19-18-16)10-6-15-3-2-7-17-11-15/h2-3,7,11,13-14H,4-6,8-10,12H2,1H3. The maximum atomic E-state index is 4.30. The normalized spacial score (nSPS) is 17.2. The second kappa shape index (κ2) is 6.80. The van der Waals surface area contributed by atoms with E-state index in [1.165, 1.54) is 31.5 Å². The molecule has 1 aliphatic heterocycles. The molecule has 0 aliphatic carbocycles. The Bertz CT molecular complexity index is 543. The molecule has 21 heavy (non-hydrogen) atoms. The molecule has 2 aromatic rings. The molecule has 1 saturated heterocycles. The first-order valence-corrected chi connectivity index (χ1v) is 7.80. The summed E-state index contributed by atoms with van der Waals surface area (Å²) in [5.74, 6) is 0.872. The minimum absolute atomic E-state index is 0.857. The van der Waals surface area contributed by atoms with Gasteiger partial charge in [0.2, 0.25) is 0 Å². The first-order chi connectivity index (χ1) is 10.3. The van der Waals surface area contributed by atoms with Crippen LogP contribution in [0.5, 0.6) is 0 Å². The van der Waals surface area contributed by atoms with E-state index in [2.05, 4.69) is 39.4 Å². The maximum Gasteiger partial charge on any atom is 0.0967 e. The van der Waals surface area contributed by atoms with Crippen LogP contribution in [-0.2, 0) is 19.5 Å². The van der Waals surface area contributed by atoms with E-state index in [9.17, 15) is 0 Å². The lowest BCUT2D eigenvalue weighted by Crippen LogP contribution is -2.32. The third kappa shape index (κ3) is 4.11. The van der Waals surface area contributed by atoms with Crippen molar-refractivity contribution in [2.24, 2.45) is 5.92 Å². The second-order valence-corrected chi connectivity index (χ2v) is 6.04. The third-order valence-corrected chi connectivity index (χ3v) is 4.20. The Morgan fingerprint density at radius 1 is 1.29 bits per heavy atom. The molecule has 0 unspecified atom stereocenters. The van der Waals surface area contributed by atoms with Crippen LogP contribution in [0.25, 0.3) is 0 Å². The molecule has 0 saturated carbocycles. The first-order valence-electron chi connectivity index (χ1n) is 7.80. The molecular weight excluding hydrogens is 262 g/mol. The predicted octanol–water partition coefficient (Wildman–Crippen LogP) is 2.15. The Morgan fingerprint density at radius 2 is 2.14 bits per heavy atom. The molecule has 5 heteroatoms. The molecule has 0 radical (unpaired) electrons. The molecular formula is C16H23N5. The number of hydrogen-bond acceptors (Lipinski definition) is 4. The molecule has 3 rings (SSSR count). The van der Waals surface area contributed by atoms with Gasteiger partial charge in [-0.25, -0.2) is 0 Å². The average Bonchev–Trinajstić information content (AvgIpc) is 2.96. The van der Waals surface area contributed by atoms with Crippen LogP contribution in [0.4, 0.5) is 0 Å². The van der Waals surface area contributed by atoms with E-state index in [4.69, 9.17) is 0 Å². The van der Waals surface area contributed by atoms with Crippen molar-refractivity contribution in [2.75, 3.05) is 13.1 Å². The number of rotatable bonds is 5. The second-order valence-electron chi connectivity index (χ2n) is 6.04. The highest BCUT2D eigenvalue weighted by molar-refractivity contribution is 5.08. The molecule has 1 aliphatic rings. The van der Waals surface area contributed by atoms with E-state index in [1.54, 1.807) is 6.20 Å². The van der Waals surface area contributed by atoms with Crippen molar-refractivity contribution >= 4 is 0 Å². The Hall–Kier alpha value is -1.75. The number of nitrogens with zero attached hydrogens (tertiary/aromatic N) is 5. The van der Waals surface area contributed by atoms with Crippen molar-refractivity contribution in [1.82, 2.24) is 24.9 Å². The van der Waals surface area contributed by atoms with Gasteiger partial charge in [0.1, 0.15) is 0 Å². The highest BCUT2D eigenvalue weighted by atomic mass is 15.4. The lowest BCUT2D eigenvalue weighted by atomic mass is 9.99. The fraction of sp³-hybridized carbons (Fsp3) is 0.562. The van der Waals surface area contributed by atoms with Gasteiger partial charge in [-0.2, -0.15) is 0 Å². The number of hydrogen-bond donors (Lipinski definition) is 0. The summed E-state index contributed by atoms with van der Waals surface area (Å²) in [6.07, 6.45) is 9.33. The molecule has 0 N–H and O–H groups in total. The topological polar surface area (TPSA) is 46.8 Å². The lowest BCUT2D eigenvalue weighted by Gasteiger charge is -2.29. The molecule has 0 bridgehead atoms. The van der Waals surface area contributed by atoms with Gasteiger partial charge in [0.05, 0.1) is 5.69 Å². The summed E-state index contributed by atoms with van der Waals surface area (Å²) in [5, 5.41) is 8.53. The van der Waals surface area contributed by atoms with Gasteiger partial charge >= 0.3 is 0 Å². The van der Waals surface area contributed by atoms with Crippen LogP contribution >= 0.6 is 0 Å². The van der Waals surface area contributed by atoms with Gasteiger partial charge < -0.3 is 0 Å². The van der Waals surface area contributed by atoms with Crippen LogP contribution in [-0.4, -0.2) is 38.0 Å². The van der Waals surface area contributed by atoms with Crippen molar-refractivity contribution in [2.45, 2.75) is 39.3 Å². The van der Waals surface area contributed by atoms with Gasteiger partial charge in [-0.1, -0.05) is 18.2 Å². The zero-order valence-electron chi connectivity index (χ0n) is 12.6. The van der Waals surface area contributed by atoms with E-state index in [0.29, 0.717) is 0 Å². The average molecular weight is 285 g/mol. The molecule has 0 spiro atoms. The molecule has 0 aromatic carbocycles. The predicted molar refractivity (Wildman–Crippen MR) is 81.6 cm³/mol. The zero-order chi connectivity index (χ0) is 14.5. The fourth-order valence-corrected chi connectivity index (χ4v) is 2.76. The number of likely N-dealkylation sites (tertiary alicyclic amines) is 1. The van der Waals surface area contributed by atoms with Gasteiger partial charge in [0.25, 0.3) is 0 Å². The van der Waals surface area contributed by atoms with Crippen LogP contribution in [0.2, 0.25) is 0 Å². The van der Waals surface area contributed by atoms with Crippen molar-refractivity contribution in [3.63, 3.8) is 0 Å². The molecule has 2 aromatic heterocycles. The zero-order valence-corrected chi connectivity index (χ0v) is 12.6. The summed E-state index contributed by atoms with van der Waals surface area (Å²) in [5.41, 5.74) is 2.32. The van der Waals surface area contributed by atoms with Gasteiger partial charge in [-0.15, -0.1) is 5.10 Å². The molecule has 3 heterocycles. The summed E-state index contributed by atoms with van der Waals surface area (Å²) >= 11 is 0. The van der Waals surface area contributed by atoms with E-state index in [1.807, 2.05) is 16.9 Å². The van der Waals surface area contributed by atoms with Crippen LogP contribution in [0.3, 0.4) is 0 Å². The number of piperidine rings is 1. The molecule has 1 fully saturated rings. The number of aryl methyl sites for hydroxylation is 2. The van der Waals surface area contributed by atoms with Crippen LogP contribution in [0.15, 0.2) is 30.7 Å². The first kappa shape index (κ1) is 14.2. The quantitative estimate of drug-likeness (QED) is 0.844. The van der Waals surface area contributed by atoms with E-state index < -0.39 is 0 Å². The number of aromatic nitrogens is 4. The minimum atomic E-state index is 0.857. The third-order valence-electron chi connectivity index (χ3n) is 4.20. The monoisotopic (exact) mass is 285 g/mol. The molecule has 0 amide bonds. The van der Waals surface area contributed by atoms with Crippen molar-refractivity contribution in [1.29, 1.82) is 0 Å². The SMILES string of the molecule is CC1CCN(Cc2cn(CCc3cccnc3)nn2)CC1. The fourth-order valence-electron chi connectivity index (χ4n) is 2.76. The minimum Gasteiger partial charge on any atom is -0.297 e. The van der Waals surface area contributed by atoms with Crippen LogP contribution < -0.4 is 0 Å². The Kier molecular flexibility index (Phi) is 4.60. The summed E-state index contributed by atoms with van der Waals surface area (Å²) in [6.45, 7) is 6.49. The van der Waals surface area contributed by atoms with E-state index >= 15 is 0 Å². The van der Waals surface area contributed by atoms with Crippen molar-refractivity contribution < 1.29 is 0 Å². The summed E-state index contributed by atoms with van der Waals surface area (Å²) in [7, 11) is 0.